The Morgan fingerprint density at radius 2 is 1.97 bits per heavy atom. The van der Waals surface area contributed by atoms with Crippen LogP contribution in [0.15, 0.2) is 48.5 Å². The molecule has 3 aromatic rings. The molecular formula is C25H33N5O2S. The van der Waals surface area contributed by atoms with Crippen molar-refractivity contribution in [1.82, 2.24) is 25.0 Å². The van der Waals surface area contributed by atoms with Gasteiger partial charge in [0.1, 0.15) is 5.75 Å². The summed E-state index contributed by atoms with van der Waals surface area (Å²) in [5.41, 5.74) is 3.24. The minimum absolute atomic E-state index is 0.0201. The summed E-state index contributed by atoms with van der Waals surface area (Å²) in [6, 6.07) is 16.2. The number of amides is 1. The fourth-order valence-electron chi connectivity index (χ4n) is 4.01. The van der Waals surface area contributed by atoms with Crippen molar-refractivity contribution in [2.45, 2.75) is 39.8 Å². The molecule has 176 valence electrons. The first-order valence-electron chi connectivity index (χ1n) is 11.3. The lowest BCUT2D eigenvalue weighted by atomic mass is 10.0. The molecule has 0 aliphatic heterocycles. The number of carbonyl (C=O) groups is 1. The second kappa shape index (κ2) is 11.8. The first kappa shape index (κ1) is 24.7. The van der Waals surface area contributed by atoms with E-state index in [2.05, 4.69) is 46.4 Å². The molecule has 8 heteroatoms. The molecule has 1 amide bonds. The number of aromatic nitrogens is 3. The highest BCUT2D eigenvalue weighted by Gasteiger charge is 2.20. The Labute approximate surface area is 200 Å². The number of ether oxygens (including phenoxy) is 1. The van der Waals surface area contributed by atoms with E-state index in [-0.39, 0.29) is 11.9 Å². The van der Waals surface area contributed by atoms with Gasteiger partial charge in [0.15, 0.2) is 10.6 Å². The Morgan fingerprint density at radius 3 is 2.67 bits per heavy atom. The highest BCUT2D eigenvalue weighted by molar-refractivity contribution is 7.71. The van der Waals surface area contributed by atoms with Gasteiger partial charge in [-0.2, -0.15) is 5.10 Å². The predicted octanol–water partition coefficient (Wildman–Crippen LogP) is 4.51. The molecule has 3 rings (SSSR count). The largest absolute Gasteiger partial charge is 0.497 e. The van der Waals surface area contributed by atoms with Crippen LogP contribution in [0.3, 0.4) is 0 Å². The zero-order chi connectivity index (χ0) is 23.8. The maximum absolute atomic E-state index is 12.8. The number of benzene rings is 2. The molecule has 0 saturated carbocycles. The van der Waals surface area contributed by atoms with Crippen LogP contribution in [0.25, 0.3) is 11.4 Å². The molecule has 33 heavy (non-hydrogen) atoms. The third-order valence-corrected chi connectivity index (χ3v) is 6.13. The Bertz CT molecular complexity index is 1120. The van der Waals surface area contributed by atoms with E-state index in [9.17, 15) is 4.79 Å². The van der Waals surface area contributed by atoms with Gasteiger partial charge in [-0.05, 0) is 56.0 Å². The lowest BCUT2D eigenvalue weighted by Gasteiger charge is -2.30. The topological polar surface area (TPSA) is 75.2 Å². The summed E-state index contributed by atoms with van der Waals surface area (Å²) in [5, 5.41) is 10.4. The Morgan fingerprint density at radius 1 is 1.21 bits per heavy atom. The van der Waals surface area contributed by atoms with Crippen molar-refractivity contribution in [2.24, 2.45) is 0 Å². The molecule has 1 atom stereocenters. The number of likely N-dealkylation sites (N-methyl/N-ethyl adjacent to an activating group) is 1. The molecule has 0 aliphatic rings. The minimum Gasteiger partial charge on any atom is -0.497 e. The average molecular weight is 468 g/mol. The Hall–Kier alpha value is -2.97. The van der Waals surface area contributed by atoms with E-state index < -0.39 is 0 Å². The monoisotopic (exact) mass is 467 g/mol. The van der Waals surface area contributed by atoms with Crippen molar-refractivity contribution in [3.05, 3.63) is 64.4 Å². The standard InChI is InChI=1S/C25H33N5O2S/c1-5-29(6-2)22(19-10-8-12-21(16-19)32-4)17-26-23(31)13-14-30-24(27-28-25(30)33)20-11-7-9-18(3)15-20/h7-12,15-16,22H,5-6,13-14,17H2,1-4H3,(H,26,31)(H,28,33). The molecule has 2 N–H and O–H groups in total. The second-order valence-corrected chi connectivity index (χ2v) is 8.33. The number of hydrogen-bond donors (Lipinski definition) is 2. The number of nitrogens with one attached hydrogen (secondary N) is 2. The minimum atomic E-state index is -0.0201. The van der Waals surface area contributed by atoms with Crippen LogP contribution in [0, 0.1) is 11.7 Å². The molecule has 0 saturated heterocycles. The molecule has 1 aromatic heterocycles. The summed E-state index contributed by atoms with van der Waals surface area (Å²) < 4.78 is 7.79. The maximum Gasteiger partial charge on any atom is 0.221 e. The van der Waals surface area contributed by atoms with E-state index >= 15 is 0 Å². The smallest absolute Gasteiger partial charge is 0.221 e. The van der Waals surface area contributed by atoms with E-state index in [0.717, 1.165) is 41.4 Å². The molecular weight excluding hydrogens is 434 g/mol. The zero-order valence-electron chi connectivity index (χ0n) is 19.8. The van der Waals surface area contributed by atoms with E-state index in [4.69, 9.17) is 17.0 Å². The third kappa shape index (κ3) is 6.30. The van der Waals surface area contributed by atoms with E-state index in [1.54, 1.807) is 7.11 Å². The number of aryl methyl sites for hydroxylation is 1. The lowest BCUT2D eigenvalue weighted by molar-refractivity contribution is -0.121. The van der Waals surface area contributed by atoms with Crippen molar-refractivity contribution in [3.63, 3.8) is 0 Å². The SMILES string of the molecule is CCN(CC)C(CNC(=O)CCn1c(-c2cccc(C)c2)n[nH]c1=S)c1cccc(OC)c1. The van der Waals surface area contributed by atoms with Crippen molar-refractivity contribution in [3.8, 4) is 17.1 Å². The van der Waals surface area contributed by atoms with Crippen molar-refractivity contribution < 1.29 is 9.53 Å². The molecule has 1 heterocycles. The molecule has 0 aliphatic carbocycles. The van der Waals surface area contributed by atoms with E-state index in [0.29, 0.717) is 24.3 Å². The van der Waals surface area contributed by atoms with Crippen LogP contribution in [0.5, 0.6) is 5.75 Å². The molecule has 0 radical (unpaired) electrons. The number of H-pyrrole nitrogens is 1. The summed E-state index contributed by atoms with van der Waals surface area (Å²) >= 11 is 5.41. The summed E-state index contributed by atoms with van der Waals surface area (Å²) in [6.45, 7) is 9.06. The summed E-state index contributed by atoms with van der Waals surface area (Å²) in [4.78, 5) is 15.1. The summed E-state index contributed by atoms with van der Waals surface area (Å²) in [6.07, 6.45) is 0.315. The van der Waals surface area contributed by atoms with Crippen molar-refractivity contribution in [1.29, 1.82) is 0 Å². The number of methoxy groups -OCH3 is 1. The van der Waals surface area contributed by atoms with Gasteiger partial charge in [0.2, 0.25) is 5.91 Å². The van der Waals surface area contributed by atoms with Crippen LogP contribution in [0.2, 0.25) is 0 Å². The van der Waals surface area contributed by atoms with Gasteiger partial charge in [-0.1, -0.05) is 49.7 Å². The molecule has 2 aromatic carbocycles. The number of rotatable bonds is 11. The Balaban J connectivity index is 1.68. The van der Waals surface area contributed by atoms with Crippen molar-refractivity contribution in [2.75, 3.05) is 26.7 Å². The summed E-state index contributed by atoms with van der Waals surface area (Å²) in [5.74, 6) is 1.54. The van der Waals surface area contributed by atoms with Gasteiger partial charge in [-0.3, -0.25) is 19.4 Å². The lowest BCUT2D eigenvalue weighted by Crippen LogP contribution is -2.38. The first-order chi connectivity index (χ1) is 16.0. The Kier molecular flexibility index (Phi) is 8.79. The third-order valence-electron chi connectivity index (χ3n) is 5.82. The summed E-state index contributed by atoms with van der Waals surface area (Å²) in [7, 11) is 1.67. The van der Waals surface area contributed by atoms with Gasteiger partial charge in [0, 0.05) is 25.1 Å². The highest BCUT2D eigenvalue weighted by Crippen LogP contribution is 2.24. The van der Waals surface area contributed by atoms with Crippen LogP contribution < -0.4 is 10.1 Å². The van der Waals surface area contributed by atoms with Crippen LogP contribution in [0.4, 0.5) is 0 Å². The zero-order valence-corrected chi connectivity index (χ0v) is 20.6. The fraction of sp³-hybridized carbons (Fsp3) is 0.400. The predicted molar refractivity (Wildman–Crippen MR) is 134 cm³/mol. The molecule has 0 fully saturated rings. The highest BCUT2D eigenvalue weighted by atomic mass is 32.1. The van der Waals surface area contributed by atoms with Crippen LogP contribution in [-0.2, 0) is 11.3 Å². The van der Waals surface area contributed by atoms with Gasteiger partial charge in [0.25, 0.3) is 0 Å². The second-order valence-electron chi connectivity index (χ2n) is 7.94. The maximum atomic E-state index is 12.8. The average Bonchev–Trinajstić information content (AvgIpc) is 3.20. The number of carbonyl (C=O) groups excluding carboxylic acids is 1. The van der Waals surface area contributed by atoms with Gasteiger partial charge in [-0.25, -0.2) is 0 Å². The number of aromatic amines is 1. The number of nitrogens with zero attached hydrogens (tertiary/aromatic N) is 3. The molecule has 1 unspecified atom stereocenters. The normalized spacial score (nSPS) is 12.0. The van der Waals surface area contributed by atoms with Gasteiger partial charge < -0.3 is 10.1 Å². The molecule has 0 spiro atoms. The fourth-order valence-corrected chi connectivity index (χ4v) is 4.24. The molecule has 0 bridgehead atoms. The quantitative estimate of drug-likeness (QED) is 0.406. The van der Waals surface area contributed by atoms with Gasteiger partial charge >= 0.3 is 0 Å². The van der Waals surface area contributed by atoms with E-state index in [1.165, 1.54) is 0 Å². The van der Waals surface area contributed by atoms with Crippen LogP contribution in [-0.4, -0.2) is 52.3 Å². The van der Waals surface area contributed by atoms with Crippen LogP contribution >= 0.6 is 12.2 Å². The van der Waals surface area contributed by atoms with Crippen LogP contribution in [0.1, 0.15) is 37.4 Å². The van der Waals surface area contributed by atoms with E-state index in [1.807, 2.05) is 47.9 Å². The van der Waals surface area contributed by atoms with Gasteiger partial charge in [-0.15, -0.1) is 0 Å². The first-order valence-corrected chi connectivity index (χ1v) is 11.7. The van der Waals surface area contributed by atoms with Crippen molar-refractivity contribution >= 4 is 18.1 Å². The van der Waals surface area contributed by atoms with Gasteiger partial charge in [0.05, 0.1) is 13.2 Å². The number of hydrogen-bond acceptors (Lipinski definition) is 5. The molecule has 7 nitrogen and oxygen atoms in total.